The monoisotopic (exact) mass is 282 g/mol. The maximum atomic E-state index is 5.74. The van der Waals surface area contributed by atoms with Crippen molar-refractivity contribution >= 4 is 11.8 Å². The standard InChI is InChI=1S/C15H26N2OS/c1-6-16-13-12(8-7-9-15(13,4)5)19-14-17-10(2)11(3)18-14/h12-13,16H,6-9H2,1-5H3. The minimum atomic E-state index is 0.350. The van der Waals surface area contributed by atoms with Crippen molar-refractivity contribution in [3.63, 3.8) is 0 Å². The summed E-state index contributed by atoms with van der Waals surface area (Å²) in [6.45, 7) is 12.0. The molecule has 1 aliphatic carbocycles. The Morgan fingerprint density at radius 1 is 1.42 bits per heavy atom. The predicted molar refractivity (Wildman–Crippen MR) is 80.7 cm³/mol. The lowest BCUT2D eigenvalue weighted by Gasteiger charge is -2.43. The Hall–Kier alpha value is -0.480. The summed E-state index contributed by atoms with van der Waals surface area (Å²) in [6, 6.07) is 0.531. The second-order valence-corrected chi connectivity index (χ2v) is 7.38. The number of aromatic nitrogens is 1. The van der Waals surface area contributed by atoms with Crippen molar-refractivity contribution in [3.8, 4) is 0 Å². The third kappa shape index (κ3) is 3.34. The molecule has 0 aromatic carbocycles. The third-order valence-electron chi connectivity index (χ3n) is 4.21. The van der Waals surface area contributed by atoms with Crippen LogP contribution >= 0.6 is 11.8 Å². The molecule has 0 bridgehead atoms. The fraction of sp³-hybridized carbons (Fsp3) is 0.800. The molecule has 0 radical (unpaired) electrons. The van der Waals surface area contributed by atoms with Crippen LogP contribution in [0.4, 0.5) is 0 Å². The van der Waals surface area contributed by atoms with E-state index in [4.69, 9.17) is 4.42 Å². The number of aryl methyl sites for hydroxylation is 2. The van der Waals surface area contributed by atoms with Gasteiger partial charge in [0, 0.05) is 11.3 Å². The van der Waals surface area contributed by atoms with Gasteiger partial charge in [-0.2, -0.15) is 0 Å². The summed E-state index contributed by atoms with van der Waals surface area (Å²) in [7, 11) is 0. The average molecular weight is 282 g/mol. The summed E-state index contributed by atoms with van der Waals surface area (Å²) < 4.78 is 5.74. The van der Waals surface area contributed by atoms with Crippen LogP contribution in [0.25, 0.3) is 0 Å². The Kier molecular flexibility index (Phi) is 4.62. The van der Waals surface area contributed by atoms with Gasteiger partial charge in [-0.15, -0.1) is 0 Å². The first kappa shape index (κ1) is 14.9. The Morgan fingerprint density at radius 3 is 2.74 bits per heavy atom. The highest BCUT2D eigenvalue weighted by atomic mass is 32.2. The van der Waals surface area contributed by atoms with Gasteiger partial charge < -0.3 is 9.73 Å². The number of rotatable bonds is 4. The molecule has 4 heteroatoms. The molecule has 2 atom stereocenters. The number of hydrogen-bond acceptors (Lipinski definition) is 4. The molecule has 1 fully saturated rings. The lowest BCUT2D eigenvalue weighted by molar-refractivity contribution is 0.176. The summed E-state index contributed by atoms with van der Waals surface area (Å²) in [6.07, 6.45) is 3.84. The molecule has 1 aromatic heterocycles. The quantitative estimate of drug-likeness (QED) is 0.907. The van der Waals surface area contributed by atoms with Crippen LogP contribution < -0.4 is 5.32 Å². The van der Waals surface area contributed by atoms with Crippen LogP contribution in [0.1, 0.15) is 51.5 Å². The predicted octanol–water partition coefficient (Wildman–Crippen LogP) is 3.94. The summed E-state index contributed by atoms with van der Waals surface area (Å²) in [5.74, 6) is 0.942. The highest BCUT2D eigenvalue weighted by molar-refractivity contribution is 7.99. The third-order valence-corrected chi connectivity index (χ3v) is 5.40. The zero-order valence-electron chi connectivity index (χ0n) is 12.7. The molecule has 1 aromatic rings. The molecule has 1 heterocycles. The molecule has 0 saturated heterocycles. The van der Waals surface area contributed by atoms with Crippen molar-refractivity contribution in [3.05, 3.63) is 11.5 Å². The number of nitrogens with zero attached hydrogens (tertiary/aromatic N) is 1. The van der Waals surface area contributed by atoms with Crippen molar-refractivity contribution < 1.29 is 4.42 Å². The van der Waals surface area contributed by atoms with E-state index in [1.165, 1.54) is 19.3 Å². The molecule has 0 spiro atoms. The molecular weight excluding hydrogens is 256 g/mol. The van der Waals surface area contributed by atoms with Gasteiger partial charge in [0.05, 0.1) is 5.69 Å². The van der Waals surface area contributed by atoms with Gasteiger partial charge in [-0.1, -0.05) is 39.0 Å². The molecular formula is C15H26N2OS. The van der Waals surface area contributed by atoms with E-state index in [9.17, 15) is 0 Å². The minimum absolute atomic E-state index is 0.350. The average Bonchev–Trinajstić information content (AvgIpc) is 2.62. The highest BCUT2D eigenvalue weighted by Crippen LogP contribution is 2.42. The van der Waals surface area contributed by atoms with Gasteiger partial charge in [0.15, 0.2) is 0 Å². The first-order chi connectivity index (χ1) is 8.94. The largest absolute Gasteiger partial charge is 0.437 e. The van der Waals surface area contributed by atoms with Gasteiger partial charge in [0.1, 0.15) is 5.76 Å². The van der Waals surface area contributed by atoms with Crippen LogP contribution in [0.2, 0.25) is 0 Å². The first-order valence-electron chi connectivity index (χ1n) is 7.28. The van der Waals surface area contributed by atoms with Gasteiger partial charge in [-0.3, -0.25) is 0 Å². The van der Waals surface area contributed by atoms with E-state index >= 15 is 0 Å². The van der Waals surface area contributed by atoms with Gasteiger partial charge >= 0.3 is 0 Å². The van der Waals surface area contributed by atoms with E-state index in [2.05, 4.69) is 31.1 Å². The Balaban J connectivity index is 2.12. The molecule has 1 saturated carbocycles. The van der Waals surface area contributed by atoms with Crippen LogP contribution in [0.5, 0.6) is 0 Å². The Bertz CT molecular complexity index is 408. The van der Waals surface area contributed by atoms with E-state index in [0.717, 1.165) is 23.2 Å². The fourth-order valence-electron chi connectivity index (χ4n) is 2.96. The van der Waals surface area contributed by atoms with E-state index < -0.39 is 0 Å². The lowest BCUT2D eigenvalue weighted by atomic mass is 9.73. The Labute approximate surface area is 120 Å². The lowest BCUT2D eigenvalue weighted by Crippen LogP contribution is -2.51. The number of thioether (sulfide) groups is 1. The summed E-state index contributed by atoms with van der Waals surface area (Å²) >= 11 is 1.81. The van der Waals surface area contributed by atoms with E-state index in [-0.39, 0.29) is 0 Å². The van der Waals surface area contributed by atoms with E-state index in [1.807, 2.05) is 25.6 Å². The van der Waals surface area contributed by atoms with Crippen LogP contribution in [-0.2, 0) is 0 Å². The summed E-state index contributed by atoms with van der Waals surface area (Å²) in [5, 5.41) is 5.07. The normalized spacial score (nSPS) is 26.6. The molecule has 108 valence electrons. The van der Waals surface area contributed by atoms with Gasteiger partial charge in [-0.05, 0) is 38.6 Å². The molecule has 2 rings (SSSR count). The van der Waals surface area contributed by atoms with Crippen molar-refractivity contribution in [1.29, 1.82) is 0 Å². The zero-order valence-corrected chi connectivity index (χ0v) is 13.6. The van der Waals surface area contributed by atoms with Crippen molar-refractivity contribution in [2.45, 2.75) is 70.4 Å². The molecule has 0 amide bonds. The topological polar surface area (TPSA) is 38.1 Å². The maximum Gasteiger partial charge on any atom is 0.256 e. The van der Waals surface area contributed by atoms with Crippen LogP contribution in [0, 0.1) is 19.3 Å². The minimum Gasteiger partial charge on any atom is -0.437 e. The molecule has 19 heavy (non-hydrogen) atoms. The second-order valence-electron chi connectivity index (χ2n) is 6.19. The molecule has 2 unspecified atom stereocenters. The fourth-order valence-corrected chi connectivity index (χ4v) is 4.47. The van der Waals surface area contributed by atoms with E-state index in [1.54, 1.807) is 0 Å². The molecule has 0 aliphatic heterocycles. The molecule has 1 N–H and O–H groups in total. The number of hydrogen-bond donors (Lipinski definition) is 1. The van der Waals surface area contributed by atoms with Gasteiger partial charge in [-0.25, -0.2) is 4.98 Å². The summed E-state index contributed by atoms with van der Waals surface area (Å²) in [4.78, 5) is 4.52. The first-order valence-corrected chi connectivity index (χ1v) is 8.16. The highest BCUT2D eigenvalue weighted by Gasteiger charge is 2.39. The maximum absolute atomic E-state index is 5.74. The van der Waals surface area contributed by atoms with Crippen molar-refractivity contribution in [1.82, 2.24) is 10.3 Å². The van der Waals surface area contributed by atoms with Crippen molar-refractivity contribution in [2.24, 2.45) is 5.41 Å². The SMILES string of the molecule is CCNC1C(Sc2nc(C)c(C)o2)CCCC1(C)C. The second kappa shape index (κ2) is 5.88. The van der Waals surface area contributed by atoms with Gasteiger partial charge in [0.2, 0.25) is 0 Å². The zero-order chi connectivity index (χ0) is 14.0. The van der Waals surface area contributed by atoms with Crippen LogP contribution in [0.3, 0.4) is 0 Å². The number of oxazole rings is 1. The number of nitrogens with one attached hydrogen (secondary N) is 1. The van der Waals surface area contributed by atoms with Crippen LogP contribution in [0.15, 0.2) is 9.64 Å². The smallest absolute Gasteiger partial charge is 0.256 e. The molecule has 1 aliphatic rings. The van der Waals surface area contributed by atoms with Gasteiger partial charge in [0.25, 0.3) is 5.22 Å². The summed E-state index contributed by atoms with van der Waals surface area (Å²) in [5.41, 5.74) is 1.36. The Morgan fingerprint density at radius 2 is 2.16 bits per heavy atom. The molecule has 3 nitrogen and oxygen atoms in total. The van der Waals surface area contributed by atoms with Crippen LogP contribution in [-0.4, -0.2) is 22.8 Å². The van der Waals surface area contributed by atoms with Crippen molar-refractivity contribution in [2.75, 3.05) is 6.54 Å². The van der Waals surface area contributed by atoms with E-state index in [0.29, 0.717) is 16.7 Å².